The van der Waals surface area contributed by atoms with Gasteiger partial charge in [-0.15, -0.1) is 0 Å². The number of rotatable bonds is 5. The maximum Gasteiger partial charge on any atom is 0.261 e. The molecule has 0 aromatic heterocycles. The van der Waals surface area contributed by atoms with Crippen molar-refractivity contribution in [3.8, 4) is 0 Å². The number of hydrogen-bond donors (Lipinski definition) is 2. The van der Waals surface area contributed by atoms with Crippen LogP contribution in [0.15, 0.2) is 47.4 Å². The molecule has 1 fully saturated rings. The van der Waals surface area contributed by atoms with Crippen molar-refractivity contribution >= 4 is 27.5 Å². The van der Waals surface area contributed by atoms with E-state index in [0.717, 1.165) is 5.56 Å². The second-order valence-corrected chi connectivity index (χ2v) is 9.10. The molecule has 1 saturated heterocycles. The highest BCUT2D eigenvalue weighted by atomic mass is 32.2. The van der Waals surface area contributed by atoms with Gasteiger partial charge in [-0.1, -0.05) is 23.8 Å². The van der Waals surface area contributed by atoms with Crippen LogP contribution in [0, 0.1) is 19.8 Å². The van der Waals surface area contributed by atoms with Crippen molar-refractivity contribution in [2.45, 2.75) is 31.6 Å². The second kappa shape index (κ2) is 8.24. The summed E-state index contributed by atoms with van der Waals surface area (Å²) >= 11 is 0. The van der Waals surface area contributed by atoms with Gasteiger partial charge in [-0.25, -0.2) is 8.42 Å². The predicted molar refractivity (Wildman–Crippen MR) is 111 cm³/mol. The Labute approximate surface area is 171 Å². The molecule has 154 valence electrons. The van der Waals surface area contributed by atoms with Crippen molar-refractivity contribution in [1.29, 1.82) is 0 Å². The van der Waals surface area contributed by atoms with Crippen molar-refractivity contribution in [3.05, 3.63) is 59.2 Å². The predicted octanol–water partition coefficient (Wildman–Crippen LogP) is 2.44. The van der Waals surface area contributed by atoms with E-state index in [2.05, 4.69) is 4.72 Å². The zero-order valence-electron chi connectivity index (χ0n) is 16.5. The van der Waals surface area contributed by atoms with Gasteiger partial charge >= 0.3 is 0 Å². The normalized spacial score (nSPS) is 15.2. The summed E-state index contributed by atoms with van der Waals surface area (Å²) in [7, 11) is -3.83. The standard InChI is InChI=1S/C21H25N3O4S/c1-14-3-6-17(7-4-14)23-29(27,28)18-8-5-15(2)19(13-18)21(26)24-11-9-16(10-12-24)20(22)25/h3-8,13,16,23H,9-12H2,1-2H3,(H2,22,25). The summed E-state index contributed by atoms with van der Waals surface area (Å²) in [5.41, 5.74) is 7.87. The lowest BCUT2D eigenvalue weighted by molar-refractivity contribution is -0.123. The molecule has 1 heterocycles. The van der Waals surface area contributed by atoms with Crippen LogP contribution >= 0.6 is 0 Å². The number of piperidine rings is 1. The molecule has 7 nitrogen and oxygen atoms in total. The van der Waals surface area contributed by atoms with Crippen LogP contribution < -0.4 is 10.5 Å². The van der Waals surface area contributed by atoms with E-state index in [4.69, 9.17) is 5.73 Å². The number of likely N-dealkylation sites (tertiary alicyclic amines) is 1. The molecule has 0 saturated carbocycles. The summed E-state index contributed by atoms with van der Waals surface area (Å²) in [6, 6.07) is 11.5. The highest BCUT2D eigenvalue weighted by molar-refractivity contribution is 7.92. The minimum atomic E-state index is -3.83. The van der Waals surface area contributed by atoms with Crippen LogP contribution in [-0.4, -0.2) is 38.2 Å². The summed E-state index contributed by atoms with van der Waals surface area (Å²) < 4.78 is 28.1. The number of hydrogen-bond acceptors (Lipinski definition) is 4. The van der Waals surface area contributed by atoms with E-state index in [-0.39, 0.29) is 22.6 Å². The average Bonchev–Trinajstić information content (AvgIpc) is 2.69. The van der Waals surface area contributed by atoms with Crippen molar-refractivity contribution in [3.63, 3.8) is 0 Å². The summed E-state index contributed by atoms with van der Waals surface area (Å²) in [6.07, 6.45) is 1.04. The third kappa shape index (κ3) is 4.76. The van der Waals surface area contributed by atoms with Gasteiger partial charge in [-0.3, -0.25) is 14.3 Å². The molecule has 1 aliphatic rings. The van der Waals surface area contributed by atoms with Gasteiger partial charge in [0.2, 0.25) is 5.91 Å². The molecular formula is C21H25N3O4S. The Morgan fingerprint density at radius 1 is 1.03 bits per heavy atom. The molecule has 0 aliphatic carbocycles. The van der Waals surface area contributed by atoms with Gasteiger partial charge in [0.25, 0.3) is 15.9 Å². The van der Waals surface area contributed by atoms with Crippen molar-refractivity contribution in [2.24, 2.45) is 11.7 Å². The number of nitrogens with one attached hydrogen (secondary N) is 1. The lowest BCUT2D eigenvalue weighted by Gasteiger charge is -2.31. The van der Waals surface area contributed by atoms with Gasteiger partial charge in [0, 0.05) is 30.3 Å². The molecule has 0 spiro atoms. The number of carbonyl (C=O) groups is 2. The Balaban J connectivity index is 1.81. The molecule has 2 aromatic rings. The number of amides is 2. The van der Waals surface area contributed by atoms with Crippen LogP contribution in [0.3, 0.4) is 0 Å². The first kappa shape index (κ1) is 20.9. The third-order valence-corrected chi connectivity index (χ3v) is 6.62. The molecule has 8 heteroatoms. The number of primary amides is 1. The monoisotopic (exact) mass is 415 g/mol. The zero-order chi connectivity index (χ0) is 21.2. The largest absolute Gasteiger partial charge is 0.369 e. The average molecular weight is 416 g/mol. The molecule has 2 amide bonds. The molecule has 0 atom stereocenters. The van der Waals surface area contributed by atoms with Crippen molar-refractivity contribution < 1.29 is 18.0 Å². The van der Waals surface area contributed by atoms with E-state index in [1.807, 2.05) is 19.1 Å². The van der Waals surface area contributed by atoms with Gasteiger partial charge in [0.15, 0.2) is 0 Å². The van der Waals surface area contributed by atoms with Gasteiger partial charge in [0.1, 0.15) is 0 Å². The van der Waals surface area contributed by atoms with Crippen LogP contribution in [0.25, 0.3) is 0 Å². The first-order valence-electron chi connectivity index (χ1n) is 9.46. The van der Waals surface area contributed by atoms with Gasteiger partial charge in [-0.05, 0) is 56.5 Å². The maximum atomic E-state index is 13.0. The minimum Gasteiger partial charge on any atom is -0.369 e. The maximum absolute atomic E-state index is 13.0. The Morgan fingerprint density at radius 2 is 1.66 bits per heavy atom. The fourth-order valence-electron chi connectivity index (χ4n) is 3.37. The molecule has 0 bridgehead atoms. The molecule has 1 aliphatic heterocycles. The molecule has 29 heavy (non-hydrogen) atoms. The highest BCUT2D eigenvalue weighted by Gasteiger charge is 2.28. The molecular weight excluding hydrogens is 390 g/mol. The van der Waals surface area contributed by atoms with E-state index in [1.165, 1.54) is 12.1 Å². The Bertz CT molecular complexity index is 1020. The van der Waals surface area contributed by atoms with E-state index in [9.17, 15) is 18.0 Å². The van der Waals surface area contributed by atoms with E-state index in [1.54, 1.807) is 30.0 Å². The van der Waals surface area contributed by atoms with Crippen LogP contribution in [0.1, 0.15) is 34.3 Å². The molecule has 2 aromatic carbocycles. The Hall–Kier alpha value is -2.87. The van der Waals surface area contributed by atoms with Crippen LogP contribution in [0.5, 0.6) is 0 Å². The molecule has 3 rings (SSSR count). The fraction of sp³-hybridized carbons (Fsp3) is 0.333. The van der Waals surface area contributed by atoms with Crippen molar-refractivity contribution in [1.82, 2.24) is 4.90 Å². The molecule has 3 N–H and O–H groups in total. The highest BCUT2D eigenvalue weighted by Crippen LogP contribution is 2.23. The quantitative estimate of drug-likeness (QED) is 0.781. The van der Waals surface area contributed by atoms with Crippen LogP contribution in [-0.2, 0) is 14.8 Å². The Morgan fingerprint density at radius 3 is 2.24 bits per heavy atom. The summed E-state index contributed by atoms with van der Waals surface area (Å²) in [4.78, 5) is 26.0. The van der Waals surface area contributed by atoms with Crippen LogP contribution in [0.4, 0.5) is 5.69 Å². The summed E-state index contributed by atoms with van der Waals surface area (Å²) in [5.74, 6) is -0.799. The first-order chi connectivity index (χ1) is 13.7. The zero-order valence-corrected chi connectivity index (χ0v) is 17.3. The fourth-order valence-corrected chi connectivity index (χ4v) is 4.46. The summed E-state index contributed by atoms with van der Waals surface area (Å²) in [5, 5.41) is 0. The number of carbonyl (C=O) groups excluding carboxylic acids is 2. The van der Waals surface area contributed by atoms with Gasteiger partial charge < -0.3 is 10.6 Å². The van der Waals surface area contributed by atoms with Crippen LogP contribution in [0.2, 0.25) is 0 Å². The SMILES string of the molecule is Cc1ccc(NS(=O)(=O)c2ccc(C)c(C(=O)N3CCC(C(N)=O)CC3)c2)cc1. The van der Waals surface area contributed by atoms with E-state index >= 15 is 0 Å². The molecule has 0 radical (unpaired) electrons. The number of aryl methyl sites for hydroxylation is 2. The topological polar surface area (TPSA) is 110 Å². The van der Waals surface area contributed by atoms with E-state index < -0.39 is 10.0 Å². The lowest BCUT2D eigenvalue weighted by atomic mass is 9.95. The number of nitrogens with two attached hydrogens (primary N) is 1. The smallest absolute Gasteiger partial charge is 0.261 e. The number of sulfonamides is 1. The first-order valence-corrected chi connectivity index (χ1v) is 10.9. The van der Waals surface area contributed by atoms with E-state index in [0.29, 0.717) is 42.7 Å². The number of nitrogens with zero attached hydrogens (tertiary/aromatic N) is 1. The molecule has 0 unspecified atom stereocenters. The third-order valence-electron chi connectivity index (χ3n) is 5.24. The number of benzene rings is 2. The second-order valence-electron chi connectivity index (χ2n) is 7.42. The van der Waals surface area contributed by atoms with Gasteiger partial charge in [-0.2, -0.15) is 0 Å². The van der Waals surface area contributed by atoms with Crippen molar-refractivity contribution in [2.75, 3.05) is 17.8 Å². The summed E-state index contributed by atoms with van der Waals surface area (Å²) in [6.45, 7) is 4.53. The lowest BCUT2D eigenvalue weighted by Crippen LogP contribution is -2.42. The Kier molecular flexibility index (Phi) is 5.93. The van der Waals surface area contributed by atoms with Gasteiger partial charge in [0.05, 0.1) is 4.90 Å². The minimum absolute atomic E-state index is 0.0269. The number of anilines is 1.